The highest BCUT2D eigenvalue weighted by Gasteiger charge is 2.33. The van der Waals surface area contributed by atoms with Crippen molar-refractivity contribution in [2.45, 2.75) is 25.6 Å². The molecule has 0 spiro atoms. The number of aryl methyl sites for hydroxylation is 1. The number of imidazole rings is 1. The summed E-state index contributed by atoms with van der Waals surface area (Å²) >= 11 is 0. The summed E-state index contributed by atoms with van der Waals surface area (Å²) in [7, 11) is 0. The molecule has 0 saturated carbocycles. The molecule has 0 radical (unpaired) electrons. The number of hydrogen-bond donors (Lipinski definition) is 2. The first kappa shape index (κ1) is 14.3. The van der Waals surface area contributed by atoms with Crippen molar-refractivity contribution in [2.24, 2.45) is 0 Å². The van der Waals surface area contributed by atoms with Crippen molar-refractivity contribution in [3.8, 4) is 0 Å². The molecule has 2 aromatic rings. The largest absolute Gasteiger partial charge is 0.394 e. The molecule has 112 valence electrons. The van der Waals surface area contributed by atoms with E-state index in [2.05, 4.69) is 27.0 Å². The number of H-pyrrole nitrogens is 1. The van der Waals surface area contributed by atoms with Gasteiger partial charge >= 0.3 is 0 Å². The number of benzene rings is 1. The molecule has 3 rings (SSSR count). The highest BCUT2D eigenvalue weighted by molar-refractivity contribution is 5.21. The van der Waals surface area contributed by atoms with Gasteiger partial charge < -0.3 is 14.8 Å². The number of rotatable bonds is 4. The second kappa shape index (κ2) is 6.39. The van der Waals surface area contributed by atoms with Crippen LogP contribution in [0.5, 0.6) is 0 Å². The summed E-state index contributed by atoms with van der Waals surface area (Å²) in [5.74, 6) is 0.951. The predicted molar refractivity (Wildman–Crippen MR) is 79.7 cm³/mol. The molecule has 0 aliphatic carbocycles. The van der Waals surface area contributed by atoms with Gasteiger partial charge in [-0.15, -0.1) is 0 Å². The van der Waals surface area contributed by atoms with Crippen LogP contribution in [0.25, 0.3) is 0 Å². The molecule has 1 saturated heterocycles. The van der Waals surface area contributed by atoms with Gasteiger partial charge in [0, 0.05) is 18.4 Å². The smallest absolute Gasteiger partial charge is 0.120 e. The van der Waals surface area contributed by atoms with Gasteiger partial charge in [0.1, 0.15) is 11.9 Å². The molecule has 2 heterocycles. The molecule has 2 atom stereocenters. The first-order valence-electron chi connectivity index (χ1n) is 7.30. The monoisotopic (exact) mass is 287 g/mol. The summed E-state index contributed by atoms with van der Waals surface area (Å²) in [5, 5.41) is 9.64. The Morgan fingerprint density at radius 1 is 1.38 bits per heavy atom. The topological polar surface area (TPSA) is 61.4 Å². The summed E-state index contributed by atoms with van der Waals surface area (Å²) < 4.78 is 5.75. The van der Waals surface area contributed by atoms with Crippen LogP contribution in [0.3, 0.4) is 0 Å². The highest BCUT2D eigenvalue weighted by atomic mass is 16.5. The van der Waals surface area contributed by atoms with Gasteiger partial charge in [0.05, 0.1) is 25.8 Å². The van der Waals surface area contributed by atoms with Crippen LogP contribution in [0, 0.1) is 6.92 Å². The van der Waals surface area contributed by atoms with E-state index in [1.54, 1.807) is 0 Å². The van der Waals surface area contributed by atoms with Gasteiger partial charge in [-0.05, 0) is 12.5 Å². The van der Waals surface area contributed by atoms with Crippen molar-refractivity contribution >= 4 is 0 Å². The first-order chi connectivity index (χ1) is 10.3. The van der Waals surface area contributed by atoms with E-state index in [4.69, 9.17) is 4.74 Å². The molecule has 5 heteroatoms. The lowest BCUT2D eigenvalue weighted by molar-refractivity contribution is -0.0966. The Morgan fingerprint density at radius 3 is 2.86 bits per heavy atom. The van der Waals surface area contributed by atoms with E-state index in [0.717, 1.165) is 24.6 Å². The number of aliphatic hydroxyl groups is 1. The average Bonchev–Trinajstić information content (AvgIpc) is 2.93. The van der Waals surface area contributed by atoms with Crippen molar-refractivity contribution in [2.75, 3.05) is 19.8 Å². The van der Waals surface area contributed by atoms with Crippen molar-refractivity contribution in [1.82, 2.24) is 14.9 Å². The van der Waals surface area contributed by atoms with Gasteiger partial charge in [-0.2, -0.15) is 0 Å². The lowest BCUT2D eigenvalue weighted by atomic mass is 9.98. The standard InChI is InChI=1S/C16H21N3O2/c1-12-9-17-15(18-12)10-19-7-8-21-14(11-20)16(19)13-5-3-2-4-6-13/h2-6,9,14,16,20H,7-8,10-11H2,1H3,(H,17,18)/t14-,16-/m1/s1. The molecule has 1 aromatic heterocycles. The first-order valence-corrected chi connectivity index (χ1v) is 7.30. The van der Waals surface area contributed by atoms with E-state index >= 15 is 0 Å². The molecule has 0 amide bonds. The van der Waals surface area contributed by atoms with Crippen LogP contribution >= 0.6 is 0 Å². The zero-order valence-electron chi connectivity index (χ0n) is 12.2. The van der Waals surface area contributed by atoms with E-state index in [-0.39, 0.29) is 18.8 Å². The molecule has 0 unspecified atom stereocenters. The Bertz CT molecular complexity index is 570. The van der Waals surface area contributed by atoms with Crippen molar-refractivity contribution in [3.63, 3.8) is 0 Å². The number of morpholine rings is 1. The Labute approximate surface area is 124 Å². The second-order valence-corrected chi connectivity index (χ2v) is 5.43. The normalized spacial score (nSPS) is 23.3. The zero-order chi connectivity index (χ0) is 14.7. The highest BCUT2D eigenvalue weighted by Crippen LogP contribution is 2.30. The van der Waals surface area contributed by atoms with Gasteiger partial charge in [0.15, 0.2) is 0 Å². The predicted octanol–water partition coefficient (Wildman–Crippen LogP) is 1.65. The van der Waals surface area contributed by atoms with Crippen LogP contribution < -0.4 is 0 Å². The fourth-order valence-electron chi connectivity index (χ4n) is 2.93. The van der Waals surface area contributed by atoms with E-state index in [1.165, 1.54) is 5.56 Å². The van der Waals surface area contributed by atoms with Crippen LogP contribution in [0.15, 0.2) is 36.5 Å². The Morgan fingerprint density at radius 2 is 2.19 bits per heavy atom. The Kier molecular flexibility index (Phi) is 4.34. The van der Waals surface area contributed by atoms with Crippen LogP contribution in [0.2, 0.25) is 0 Å². The Hall–Kier alpha value is -1.69. The molecule has 5 nitrogen and oxygen atoms in total. The third-order valence-electron chi connectivity index (χ3n) is 3.89. The molecule has 21 heavy (non-hydrogen) atoms. The summed E-state index contributed by atoms with van der Waals surface area (Å²) in [4.78, 5) is 9.98. The minimum atomic E-state index is -0.197. The maximum atomic E-state index is 9.64. The number of hydrogen-bond acceptors (Lipinski definition) is 4. The van der Waals surface area contributed by atoms with Crippen LogP contribution in [0.4, 0.5) is 0 Å². The fourth-order valence-corrected chi connectivity index (χ4v) is 2.93. The molecular formula is C16H21N3O2. The molecule has 1 aromatic carbocycles. The van der Waals surface area contributed by atoms with E-state index in [0.29, 0.717) is 6.61 Å². The summed E-state index contributed by atoms with van der Waals surface area (Å²) in [6.45, 7) is 4.21. The van der Waals surface area contributed by atoms with Crippen LogP contribution in [-0.4, -0.2) is 45.8 Å². The Balaban J connectivity index is 1.85. The molecule has 1 fully saturated rings. The summed E-state index contributed by atoms with van der Waals surface area (Å²) in [6.07, 6.45) is 1.65. The third-order valence-corrected chi connectivity index (χ3v) is 3.89. The number of aromatic nitrogens is 2. The van der Waals surface area contributed by atoms with Gasteiger partial charge in [-0.3, -0.25) is 4.90 Å². The van der Waals surface area contributed by atoms with Crippen molar-refractivity contribution in [1.29, 1.82) is 0 Å². The molecular weight excluding hydrogens is 266 g/mol. The SMILES string of the molecule is Cc1cnc(CN2CCO[C@H](CO)[C@H]2c2ccccc2)[nH]1. The quantitative estimate of drug-likeness (QED) is 0.897. The van der Waals surface area contributed by atoms with Crippen LogP contribution in [-0.2, 0) is 11.3 Å². The summed E-state index contributed by atoms with van der Waals surface area (Å²) in [5.41, 5.74) is 2.23. The number of aromatic amines is 1. The van der Waals surface area contributed by atoms with E-state index in [1.807, 2.05) is 31.3 Å². The number of nitrogens with zero attached hydrogens (tertiary/aromatic N) is 2. The number of nitrogens with one attached hydrogen (secondary N) is 1. The number of aliphatic hydroxyl groups excluding tert-OH is 1. The van der Waals surface area contributed by atoms with Gasteiger partial charge in [-0.1, -0.05) is 30.3 Å². The van der Waals surface area contributed by atoms with Crippen molar-refractivity contribution < 1.29 is 9.84 Å². The molecule has 2 N–H and O–H groups in total. The van der Waals surface area contributed by atoms with Crippen LogP contribution in [0.1, 0.15) is 23.1 Å². The molecule has 1 aliphatic rings. The minimum absolute atomic E-state index is 0.0211. The van der Waals surface area contributed by atoms with Gasteiger partial charge in [0.2, 0.25) is 0 Å². The molecule has 0 bridgehead atoms. The fraction of sp³-hybridized carbons (Fsp3) is 0.438. The van der Waals surface area contributed by atoms with Gasteiger partial charge in [0.25, 0.3) is 0 Å². The zero-order valence-corrected chi connectivity index (χ0v) is 12.2. The van der Waals surface area contributed by atoms with Crippen molar-refractivity contribution in [3.05, 3.63) is 53.6 Å². The third kappa shape index (κ3) is 3.15. The van der Waals surface area contributed by atoms with E-state index < -0.39 is 0 Å². The maximum absolute atomic E-state index is 9.64. The second-order valence-electron chi connectivity index (χ2n) is 5.43. The average molecular weight is 287 g/mol. The molecule has 1 aliphatic heterocycles. The lowest BCUT2D eigenvalue weighted by Gasteiger charge is -2.40. The lowest BCUT2D eigenvalue weighted by Crippen LogP contribution is -2.46. The summed E-state index contributed by atoms with van der Waals surface area (Å²) in [6, 6.07) is 10.3. The number of ether oxygens (including phenoxy) is 1. The maximum Gasteiger partial charge on any atom is 0.120 e. The minimum Gasteiger partial charge on any atom is -0.394 e. The van der Waals surface area contributed by atoms with E-state index in [9.17, 15) is 5.11 Å². The van der Waals surface area contributed by atoms with Gasteiger partial charge in [-0.25, -0.2) is 4.98 Å².